The number of esters is 1. The standard InChI is InChI=1S/C13H13NO5/c15-13(19-12-6-7-18-9-12)5-4-10-2-1-3-11(8-10)14(16)17/h1-5,8,12H,6-7,9H2/b5-4+/t12-/m0/s1. The Hall–Kier alpha value is -2.21. The van der Waals surface area contributed by atoms with Crippen LogP contribution in [0.5, 0.6) is 0 Å². The third-order valence-electron chi connectivity index (χ3n) is 2.66. The van der Waals surface area contributed by atoms with Crippen LogP contribution in [0.1, 0.15) is 12.0 Å². The van der Waals surface area contributed by atoms with Crippen LogP contribution in [0.2, 0.25) is 0 Å². The number of nitro groups is 1. The topological polar surface area (TPSA) is 78.7 Å². The first-order valence-electron chi connectivity index (χ1n) is 5.86. The Morgan fingerprint density at radius 1 is 1.53 bits per heavy atom. The number of benzene rings is 1. The molecule has 6 heteroatoms. The highest BCUT2D eigenvalue weighted by atomic mass is 16.6. The van der Waals surface area contributed by atoms with E-state index in [1.54, 1.807) is 12.1 Å². The van der Waals surface area contributed by atoms with Gasteiger partial charge >= 0.3 is 5.97 Å². The van der Waals surface area contributed by atoms with Crippen molar-refractivity contribution >= 4 is 17.7 Å². The minimum atomic E-state index is -0.481. The van der Waals surface area contributed by atoms with Crippen LogP contribution in [0.3, 0.4) is 0 Å². The number of nitro benzene ring substituents is 1. The van der Waals surface area contributed by atoms with Crippen LogP contribution >= 0.6 is 0 Å². The average molecular weight is 263 g/mol. The molecule has 1 aliphatic heterocycles. The van der Waals surface area contributed by atoms with Crippen LogP contribution < -0.4 is 0 Å². The number of hydrogen-bond acceptors (Lipinski definition) is 5. The fourth-order valence-corrected chi connectivity index (χ4v) is 1.72. The zero-order chi connectivity index (χ0) is 13.7. The van der Waals surface area contributed by atoms with E-state index in [0.29, 0.717) is 25.2 Å². The Kier molecular flexibility index (Phi) is 4.25. The van der Waals surface area contributed by atoms with Gasteiger partial charge in [-0.25, -0.2) is 4.79 Å². The Bertz CT molecular complexity index is 506. The van der Waals surface area contributed by atoms with Crippen LogP contribution in [0, 0.1) is 10.1 Å². The van der Waals surface area contributed by atoms with Crippen molar-refractivity contribution in [1.82, 2.24) is 0 Å². The summed E-state index contributed by atoms with van der Waals surface area (Å²) in [6, 6.07) is 6.03. The van der Waals surface area contributed by atoms with Crippen molar-refractivity contribution in [1.29, 1.82) is 0 Å². The summed E-state index contributed by atoms with van der Waals surface area (Å²) in [5, 5.41) is 10.6. The number of rotatable bonds is 4. The zero-order valence-corrected chi connectivity index (χ0v) is 10.2. The Morgan fingerprint density at radius 3 is 3.05 bits per heavy atom. The summed E-state index contributed by atoms with van der Waals surface area (Å²) in [7, 11) is 0. The third-order valence-corrected chi connectivity index (χ3v) is 2.66. The maximum Gasteiger partial charge on any atom is 0.331 e. The summed E-state index contributed by atoms with van der Waals surface area (Å²) in [6.45, 7) is 1.03. The van der Waals surface area contributed by atoms with Crippen molar-refractivity contribution in [3.63, 3.8) is 0 Å². The number of ether oxygens (including phenoxy) is 2. The molecule has 0 radical (unpaired) electrons. The van der Waals surface area contributed by atoms with Crippen molar-refractivity contribution < 1.29 is 19.2 Å². The molecule has 1 aliphatic rings. The molecule has 1 fully saturated rings. The lowest BCUT2D eigenvalue weighted by atomic mass is 10.2. The second-order valence-electron chi connectivity index (χ2n) is 4.11. The van der Waals surface area contributed by atoms with Crippen molar-refractivity contribution in [2.24, 2.45) is 0 Å². The van der Waals surface area contributed by atoms with Gasteiger partial charge in [-0.05, 0) is 11.6 Å². The van der Waals surface area contributed by atoms with E-state index in [0.717, 1.165) is 0 Å². The molecular formula is C13H13NO5. The van der Waals surface area contributed by atoms with E-state index in [4.69, 9.17) is 9.47 Å². The van der Waals surface area contributed by atoms with E-state index in [1.165, 1.54) is 24.3 Å². The smallest absolute Gasteiger partial charge is 0.331 e. The summed E-state index contributed by atoms with van der Waals surface area (Å²) < 4.78 is 10.2. The second kappa shape index (κ2) is 6.10. The first kappa shape index (κ1) is 13.2. The third kappa shape index (κ3) is 3.89. The molecule has 0 aromatic heterocycles. The van der Waals surface area contributed by atoms with Gasteiger partial charge in [0.1, 0.15) is 6.10 Å². The van der Waals surface area contributed by atoms with Crippen LogP contribution in [-0.4, -0.2) is 30.2 Å². The molecule has 1 aromatic rings. The van der Waals surface area contributed by atoms with E-state index in [1.807, 2.05) is 0 Å². The fourth-order valence-electron chi connectivity index (χ4n) is 1.72. The molecule has 1 atom stereocenters. The van der Waals surface area contributed by atoms with Gasteiger partial charge in [-0.2, -0.15) is 0 Å². The van der Waals surface area contributed by atoms with E-state index >= 15 is 0 Å². The molecule has 1 saturated heterocycles. The molecule has 0 N–H and O–H groups in total. The van der Waals surface area contributed by atoms with Crippen LogP contribution in [0.4, 0.5) is 5.69 Å². The summed E-state index contributed by atoms with van der Waals surface area (Å²) in [5.41, 5.74) is 0.563. The van der Waals surface area contributed by atoms with Crippen molar-refractivity contribution in [2.75, 3.05) is 13.2 Å². The summed E-state index contributed by atoms with van der Waals surface area (Å²) in [4.78, 5) is 21.6. The summed E-state index contributed by atoms with van der Waals surface area (Å²) in [6.07, 6.45) is 3.26. The molecule has 0 spiro atoms. The lowest BCUT2D eigenvalue weighted by molar-refractivity contribution is -0.384. The van der Waals surface area contributed by atoms with Gasteiger partial charge in [0.15, 0.2) is 0 Å². The first-order chi connectivity index (χ1) is 9.15. The number of carbonyl (C=O) groups is 1. The predicted molar refractivity (Wildman–Crippen MR) is 67.4 cm³/mol. The van der Waals surface area contributed by atoms with Gasteiger partial charge in [-0.3, -0.25) is 10.1 Å². The molecule has 19 heavy (non-hydrogen) atoms. The lowest BCUT2D eigenvalue weighted by Gasteiger charge is -2.06. The molecule has 1 heterocycles. The molecule has 6 nitrogen and oxygen atoms in total. The lowest BCUT2D eigenvalue weighted by Crippen LogP contribution is -2.16. The van der Waals surface area contributed by atoms with E-state index in [-0.39, 0.29) is 11.8 Å². The molecular weight excluding hydrogens is 250 g/mol. The summed E-state index contributed by atoms with van der Waals surface area (Å²) in [5.74, 6) is -0.470. The van der Waals surface area contributed by atoms with Gasteiger partial charge in [-0.1, -0.05) is 12.1 Å². The molecule has 1 aromatic carbocycles. The van der Waals surface area contributed by atoms with E-state index < -0.39 is 10.9 Å². The van der Waals surface area contributed by atoms with Gasteiger partial charge in [0.25, 0.3) is 5.69 Å². The SMILES string of the molecule is O=C(/C=C/c1cccc([N+](=O)[O-])c1)O[C@H]1CCOC1. The van der Waals surface area contributed by atoms with E-state index in [2.05, 4.69) is 0 Å². The quantitative estimate of drug-likeness (QED) is 0.359. The van der Waals surface area contributed by atoms with Crippen LogP contribution in [0.25, 0.3) is 6.08 Å². The molecule has 2 rings (SSSR count). The maximum absolute atomic E-state index is 11.5. The second-order valence-corrected chi connectivity index (χ2v) is 4.11. The van der Waals surface area contributed by atoms with Crippen LogP contribution in [0.15, 0.2) is 30.3 Å². The van der Waals surface area contributed by atoms with Gasteiger partial charge in [0, 0.05) is 24.6 Å². The van der Waals surface area contributed by atoms with Gasteiger partial charge in [-0.15, -0.1) is 0 Å². The maximum atomic E-state index is 11.5. The predicted octanol–water partition coefficient (Wildman–Crippen LogP) is 1.94. The first-order valence-corrected chi connectivity index (χ1v) is 5.86. The van der Waals surface area contributed by atoms with Gasteiger partial charge < -0.3 is 9.47 Å². The highest BCUT2D eigenvalue weighted by Gasteiger charge is 2.18. The van der Waals surface area contributed by atoms with Crippen molar-refractivity contribution in [3.8, 4) is 0 Å². The van der Waals surface area contributed by atoms with Gasteiger partial charge in [0.2, 0.25) is 0 Å². The molecule has 100 valence electrons. The minimum absolute atomic E-state index is 0.0142. The Morgan fingerprint density at radius 2 is 2.37 bits per heavy atom. The van der Waals surface area contributed by atoms with Gasteiger partial charge in [0.05, 0.1) is 18.1 Å². The number of hydrogen-bond donors (Lipinski definition) is 0. The number of nitrogens with zero attached hydrogens (tertiary/aromatic N) is 1. The van der Waals surface area contributed by atoms with Crippen molar-refractivity contribution in [3.05, 3.63) is 46.0 Å². The summed E-state index contributed by atoms with van der Waals surface area (Å²) >= 11 is 0. The molecule has 0 aliphatic carbocycles. The van der Waals surface area contributed by atoms with E-state index in [9.17, 15) is 14.9 Å². The Labute approximate surface area is 109 Å². The largest absolute Gasteiger partial charge is 0.457 e. The monoisotopic (exact) mass is 263 g/mol. The number of carbonyl (C=O) groups excluding carboxylic acids is 1. The highest BCUT2D eigenvalue weighted by Crippen LogP contribution is 2.14. The molecule has 0 saturated carbocycles. The Balaban J connectivity index is 1.95. The molecule has 0 bridgehead atoms. The van der Waals surface area contributed by atoms with Crippen molar-refractivity contribution in [2.45, 2.75) is 12.5 Å². The number of non-ortho nitro benzene ring substituents is 1. The minimum Gasteiger partial charge on any atom is -0.457 e. The highest BCUT2D eigenvalue weighted by molar-refractivity contribution is 5.87. The molecule has 0 amide bonds. The average Bonchev–Trinajstić information content (AvgIpc) is 2.89. The normalized spacial score (nSPS) is 18.6. The molecule has 0 unspecified atom stereocenters. The zero-order valence-electron chi connectivity index (χ0n) is 10.2. The fraction of sp³-hybridized carbons (Fsp3) is 0.308. The van der Waals surface area contributed by atoms with Crippen LogP contribution in [-0.2, 0) is 14.3 Å².